The highest BCUT2D eigenvalue weighted by atomic mass is 32.2. The Hall–Kier alpha value is -2.52. The number of ether oxygens (including phenoxy) is 3. The molecule has 2 N–H and O–H groups in total. The third-order valence-electron chi connectivity index (χ3n) is 4.51. The Morgan fingerprint density at radius 3 is 2.72 bits per heavy atom. The number of aliphatic hydroxyl groups is 1. The van der Waals surface area contributed by atoms with Crippen LogP contribution in [-0.4, -0.2) is 53.3 Å². The lowest BCUT2D eigenvalue weighted by Crippen LogP contribution is -2.35. The standard InChI is InChI=1S/C20H25N3O5S/c1-12-16(13(2)23-20(22-12)29-3)5-7-19(25)21-9-14(24)10-26-15-4-6-17-18(8-15)28-11-27-17/h4,6,8,14,24H,5,7,9-11H2,1-3H3,(H,21,25). The van der Waals surface area contributed by atoms with Gasteiger partial charge in [0.25, 0.3) is 0 Å². The summed E-state index contributed by atoms with van der Waals surface area (Å²) in [7, 11) is 0. The summed E-state index contributed by atoms with van der Waals surface area (Å²) in [5, 5.41) is 13.5. The Bertz CT molecular complexity index is 854. The summed E-state index contributed by atoms with van der Waals surface area (Å²) in [5.74, 6) is 1.72. The van der Waals surface area contributed by atoms with Crippen LogP contribution in [0.1, 0.15) is 23.4 Å². The highest BCUT2D eigenvalue weighted by molar-refractivity contribution is 7.98. The van der Waals surface area contributed by atoms with Crippen LogP contribution >= 0.6 is 11.8 Å². The monoisotopic (exact) mass is 419 g/mol. The average Bonchev–Trinajstić information content (AvgIpc) is 3.17. The number of hydrogen-bond acceptors (Lipinski definition) is 8. The number of aliphatic hydroxyl groups excluding tert-OH is 1. The predicted molar refractivity (Wildman–Crippen MR) is 109 cm³/mol. The first-order valence-corrected chi connectivity index (χ1v) is 10.5. The maximum atomic E-state index is 12.1. The molecule has 1 atom stereocenters. The smallest absolute Gasteiger partial charge is 0.231 e. The van der Waals surface area contributed by atoms with Crippen LogP contribution < -0.4 is 19.5 Å². The number of hydrogen-bond donors (Lipinski definition) is 2. The van der Waals surface area contributed by atoms with Crippen LogP contribution in [-0.2, 0) is 11.2 Å². The number of aryl methyl sites for hydroxylation is 2. The molecule has 0 spiro atoms. The number of nitrogens with zero attached hydrogens (tertiary/aromatic N) is 2. The second kappa shape index (κ2) is 9.80. The van der Waals surface area contributed by atoms with Gasteiger partial charge in [-0.2, -0.15) is 0 Å². The van der Waals surface area contributed by atoms with Crippen molar-refractivity contribution in [3.8, 4) is 17.2 Å². The van der Waals surface area contributed by atoms with Crippen molar-refractivity contribution in [1.82, 2.24) is 15.3 Å². The molecule has 8 nitrogen and oxygen atoms in total. The molecule has 1 aliphatic rings. The minimum absolute atomic E-state index is 0.0577. The molecule has 1 aromatic carbocycles. The van der Waals surface area contributed by atoms with E-state index in [0.717, 1.165) is 22.1 Å². The van der Waals surface area contributed by atoms with Crippen LogP contribution in [0.3, 0.4) is 0 Å². The van der Waals surface area contributed by atoms with Gasteiger partial charge in [0.05, 0.1) is 0 Å². The molecule has 0 fully saturated rings. The van der Waals surface area contributed by atoms with E-state index in [4.69, 9.17) is 14.2 Å². The molecule has 1 aromatic heterocycles. The van der Waals surface area contributed by atoms with E-state index in [2.05, 4.69) is 15.3 Å². The third kappa shape index (κ3) is 5.74. The van der Waals surface area contributed by atoms with Crippen LogP contribution in [0, 0.1) is 13.8 Å². The number of carbonyl (C=O) groups excluding carboxylic acids is 1. The Balaban J connectivity index is 1.40. The number of thioether (sulfide) groups is 1. The van der Waals surface area contributed by atoms with Crippen LogP contribution in [0.25, 0.3) is 0 Å². The number of aromatic nitrogens is 2. The first-order valence-electron chi connectivity index (χ1n) is 9.31. The van der Waals surface area contributed by atoms with Gasteiger partial charge in [-0.05, 0) is 44.2 Å². The molecular formula is C20H25N3O5S. The highest BCUT2D eigenvalue weighted by Gasteiger charge is 2.15. The van der Waals surface area contributed by atoms with Crippen LogP contribution in [0.2, 0.25) is 0 Å². The largest absolute Gasteiger partial charge is 0.491 e. The van der Waals surface area contributed by atoms with Gasteiger partial charge in [-0.15, -0.1) is 0 Å². The molecule has 29 heavy (non-hydrogen) atoms. The number of rotatable bonds is 9. The zero-order valence-electron chi connectivity index (χ0n) is 16.7. The van der Waals surface area contributed by atoms with Crippen molar-refractivity contribution in [2.24, 2.45) is 0 Å². The first-order chi connectivity index (χ1) is 14.0. The van der Waals surface area contributed by atoms with E-state index < -0.39 is 6.10 Å². The lowest BCUT2D eigenvalue weighted by Gasteiger charge is -2.14. The van der Waals surface area contributed by atoms with E-state index in [9.17, 15) is 9.90 Å². The van der Waals surface area contributed by atoms with E-state index in [-0.39, 0.29) is 25.9 Å². The van der Waals surface area contributed by atoms with Gasteiger partial charge in [0.2, 0.25) is 12.7 Å². The predicted octanol–water partition coefficient (Wildman–Crippen LogP) is 2.03. The van der Waals surface area contributed by atoms with Crippen molar-refractivity contribution < 1.29 is 24.1 Å². The van der Waals surface area contributed by atoms with Gasteiger partial charge in [0.1, 0.15) is 18.5 Å². The average molecular weight is 420 g/mol. The summed E-state index contributed by atoms with van der Waals surface area (Å²) in [6, 6.07) is 5.21. The van der Waals surface area contributed by atoms with Gasteiger partial charge in [-0.3, -0.25) is 4.79 Å². The number of amides is 1. The quantitative estimate of drug-likeness (QED) is 0.470. The molecule has 0 bridgehead atoms. The van der Waals surface area contributed by atoms with Gasteiger partial charge >= 0.3 is 0 Å². The molecule has 1 unspecified atom stereocenters. The summed E-state index contributed by atoms with van der Waals surface area (Å²) < 4.78 is 16.1. The Labute approximate surface area is 174 Å². The molecule has 3 rings (SSSR count). The molecular weight excluding hydrogens is 394 g/mol. The fraction of sp³-hybridized carbons (Fsp3) is 0.450. The van der Waals surface area contributed by atoms with Gasteiger partial charge in [0, 0.05) is 30.4 Å². The van der Waals surface area contributed by atoms with Gasteiger partial charge in [0.15, 0.2) is 16.7 Å². The van der Waals surface area contributed by atoms with Crippen molar-refractivity contribution in [1.29, 1.82) is 0 Å². The van der Waals surface area contributed by atoms with Crippen molar-refractivity contribution in [3.05, 3.63) is 35.2 Å². The topological polar surface area (TPSA) is 103 Å². The van der Waals surface area contributed by atoms with Gasteiger partial charge < -0.3 is 24.6 Å². The number of nitrogens with one attached hydrogen (secondary N) is 1. The Morgan fingerprint density at radius 2 is 2.00 bits per heavy atom. The maximum absolute atomic E-state index is 12.1. The van der Waals surface area contributed by atoms with E-state index in [1.54, 1.807) is 18.2 Å². The third-order valence-corrected chi connectivity index (χ3v) is 5.05. The lowest BCUT2D eigenvalue weighted by molar-refractivity contribution is -0.121. The molecule has 156 valence electrons. The van der Waals surface area contributed by atoms with E-state index in [0.29, 0.717) is 30.1 Å². The highest BCUT2D eigenvalue weighted by Crippen LogP contribution is 2.35. The zero-order valence-corrected chi connectivity index (χ0v) is 17.5. The number of fused-ring (bicyclic) bond motifs is 1. The van der Waals surface area contributed by atoms with E-state index in [1.165, 1.54) is 11.8 Å². The fourth-order valence-corrected chi connectivity index (χ4v) is 3.39. The van der Waals surface area contributed by atoms with E-state index in [1.807, 2.05) is 20.1 Å². The van der Waals surface area contributed by atoms with Crippen molar-refractivity contribution >= 4 is 17.7 Å². The SMILES string of the molecule is CSc1nc(C)c(CCC(=O)NCC(O)COc2ccc3c(c2)OCO3)c(C)n1. The molecule has 0 saturated heterocycles. The van der Waals surface area contributed by atoms with Gasteiger partial charge in [-0.1, -0.05) is 11.8 Å². The summed E-state index contributed by atoms with van der Waals surface area (Å²) in [6.07, 6.45) is 1.97. The minimum Gasteiger partial charge on any atom is -0.491 e. The molecule has 9 heteroatoms. The molecule has 0 radical (unpaired) electrons. The van der Waals surface area contributed by atoms with Crippen molar-refractivity contribution in [2.45, 2.75) is 37.9 Å². The molecule has 1 aliphatic heterocycles. The van der Waals surface area contributed by atoms with Crippen LogP contribution in [0.4, 0.5) is 0 Å². The maximum Gasteiger partial charge on any atom is 0.231 e. The van der Waals surface area contributed by atoms with Crippen molar-refractivity contribution in [2.75, 3.05) is 26.2 Å². The number of benzene rings is 1. The molecule has 1 amide bonds. The Kier molecular flexibility index (Phi) is 7.16. The molecule has 0 aliphatic carbocycles. The number of carbonyl (C=O) groups is 1. The zero-order chi connectivity index (χ0) is 20.8. The van der Waals surface area contributed by atoms with Gasteiger partial charge in [-0.25, -0.2) is 9.97 Å². The second-order valence-electron chi connectivity index (χ2n) is 6.64. The van der Waals surface area contributed by atoms with Crippen LogP contribution in [0.15, 0.2) is 23.4 Å². The Morgan fingerprint density at radius 1 is 1.28 bits per heavy atom. The normalized spacial score (nSPS) is 13.2. The van der Waals surface area contributed by atoms with E-state index >= 15 is 0 Å². The molecule has 0 saturated carbocycles. The summed E-state index contributed by atoms with van der Waals surface area (Å²) in [5.41, 5.74) is 2.78. The molecule has 2 aromatic rings. The molecule has 2 heterocycles. The summed E-state index contributed by atoms with van der Waals surface area (Å²) >= 11 is 1.50. The van der Waals surface area contributed by atoms with Crippen LogP contribution in [0.5, 0.6) is 17.2 Å². The van der Waals surface area contributed by atoms with Crippen molar-refractivity contribution in [3.63, 3.8) is 0 Å². The second-order valence-corrected chi connectivity index (χ2v) is 7.42. The summed E-state index contributed by atoms with van der Waals surface area (Å²) in [6.45, 7) is 4.23. The first kappa shape index (κ1) is 21.2. The minimum atomic E-state index is -0.822. The fourth-order valence-electron chi connectivity index (χ4n) is 2.94. The summed E-state index contributed by atoms with van der Waals surface area (Å²) in [4.78, 5) is 21.0. The lowest BCUT2D eigenvalue weighted by atomic mass is 10.1.